The number of hydrogen-bond donors (Lipinski definition) is 2. The van der Waals surface area contributed by atoms with Crippen LogP contribution in [0.2, 0.25) is 0 Å². The van der Waals surface area contributed by atoms with Gasteiger partial charge in [0.25, 0.3) is 0 Å². The second-order valence-corrected chi connectivity index (χ2v) is 4.68. The number of nitrogens with zero attached hydrogens (tertiary/aromatic N) is 1. The maximum absolute atomic E-state index is 12.2. The summed E-state index contributed by atoms with van der Waals surface area (Å²) in [6.45, 7) is 6.84. The number of amides is 1. The highest BCUT2D eigenvalue weighted by molar-refractivity contribution is 5.85. The van der Waals surface area contributed by atoms with Gasteiger partial charge in [0, 0.05) is 25.0 Å². The molecule has 0 aliphatic rings. The quantitative estimate of drug-likeness (QED) is 0.846. The Labute approximate surface area is 133 Å². The molecule has 1 rings (SSSR count). The smallest absolute Gasteiger partial charge is 0.227 e. The van der Waals surface area contributed by atoms with Crippen molar-refractivity contribution >= 4 is 30.7 Å². The Morgan fingerprint density at radius 2 is 1.90 bits per heavy atom. The molecule has 116 valence electrons. The second-order valence-electron chi connectivity index (χ2n) is 4.68. The molecule has 1 aromatic heterocycles. The van der Waals surface area contributed by atoms with Crippen molar-refractivity contribution in [2.75, 3.05) is 6.54 Å². The van der Waals surface area contributed by atoms with E-state index in [0.29, 0.717) is 13.1 Å². The van der Waals surface area contributed by atoms with Crippen LogP contribution in [-0.4, -0.2) is 17.4 Å². The van der Waals surface area contributed by atoms with Gasteiger partial charge >= 0.3 is 0 Å². The topological polar surface area (TPSA) is 68.0 Å². The van der Waals surface area contributed by atoms with E-state index in [2.05, 4.69) is 10.3 Å². The molecule has 0 aliphatic carbocycles. The normalized spacial score (nSPS) is 10.2. The Morgan fingerprint density at radius 3 is 2.30 bits per heavy atom. The molecular weight excluding hydrogens is 297 g/mol. The molecule has 0 bridgehead atoms. The van der Waals surface area contributed by atoms with Crippen molar-refractivity contribution in [3.63, 3.8) is 0 Å². The van der Waals surface area contributed by atoms with Gasteiger partial charge in [-0.25, -0.2) is 0 Å². The molecule has 0 atom stereocenters. The number of carbonyl (C=O) groups excluding carboxylic acids is 1. The first-order valence-corrected chi connectivity index (χ1v) is 6.48. The summed E-state index contributed by atoms with van der Waals surface area (Å²) in [6, 6.07) is 3.92. The zero-order valence-corrected chi connectivity index (χ0v) is 13.9. The van der Waals surface area contributed by atoms with Gasteiger partial charge in [-0.2, -0.15) is 0 Å². The first kappa shape index (κ1) is 21.5. The number of aromatic nitrogens is 1. The molecule has 0 saturated carbocycles. The number of pyridine rings is 1. The highest BCUT2D eigenvalue weighted by Crippen LogP contribution is 2.25. The first-order valence-electron chi connectivity index (χ1n) is 6.48. The summed E-state index contributed by atoms with van der Waals surface area (Å²) in [7, 11) is 0. The van der Waals surface area contributed by atoms with E-state index in [1.807, 2.05) is 32.9 Å². The Hall–Kier alpha value is -0.840. The van der Waals surface area contributed by atoms with Crippen LogP contribution >= 0.6 is 24.8 Å². The summed E-state index contributed by atoms with van der Waals surface area (Å²) in [6.07, 6.45) is 3.31. The van der Waals surface area contributed by atoms with Gasteiger partial charge in [-0.1, -0.05) is 19.9 Å². The largest absolute Gasteiger partial charge is 0.351 e. The van der Waals surface area contributed by atoms with E-state index in [-0.39, 0.29) is 30.7 Å². The average molecular weight is 322 g/mol. The molecule has 0 saturated heterocycles. The standard InChI is InChI=1S/C14H23N3O.2ClH/c1-4-14(5-2,10-15)13(18)17-9-12-7-6-11(3)16-8-12;;/h6-8H,4-5,9-10,15H2,1-3H3,(H,17,18);2*1H. The van der Waals surface area contributed by atoms with Crippen molar-refractivity contribution in [3.05, 3.63) is 29.6 Å². The number of carbonyl (C=O) groups is 1. The highest BCUT2D eigenvalue weighted by Gasteiger charge is 2.32. The van der Waals surface area contributed by atoms with Crippen LogP contribution < -0.4 is 11.1 Å². The molecule has 20 heavy (non-hydrogen) atoms. The van der Waals surface area contributed by atoms with Crippen molar-refractivity contribution in [2.45, 2.75) is 40.2 Å². The third-order valence-corrected chi connectivity index (χ3v) is 3.65. The van der Waals surface area contributed by atoms with Gasteiger partial charge in [0.05, 0.1) is 5.41 Å². The molecule has 0 spiro atoms. The van der Waals surface area contributed by atoms with Crippen molar-refractivity contribution in [1.82, 2.24) is 10.3 Å². The highest BCUT2D eigenvalue weighted by atomic mass is 35.5. The molecule has 1 aromatic rings. The molecule has 6 heteroatoms. The number of hydrogen-bond acceptors (Lipinski definition) is 3. The zero-order valence-electron chi connectivity index (χ0n) is 12.3. The number of nitrogens with one attached hydrogen (secondary N) is 1. The molecular formula is C14H25Cl2N3O. The Morgan fingerprint density at radius 1 is 1.30 bits per heavy atom. The van der Waals surface area contributed by atoms with Gasteiger partial charge in [0.15, 0.2) is 0 Å². The van der Waals surface area contributed by atoms with E-state index in [4.69, 9.17) is 5.73 Å². The number of rotatable bonds is 6. The summed E-state index contributed by atoms with van der Waals surface area (Å²) in [4.78, 5) is 16.4. The van der Waals surface area contributed by atoms with Crippen LogP contribution in [0.3, 0.4) is 0 Å². The SMILES string of the molecule is CCC(CC)(CN)C(=O)NCc1ccc(C)nc1.Cl.Cl. The fourth-order valence-electron chi connectivity index (χ4n) is 1.93. The van der Waals surface area contributed by atoms with Gasteiger partial charge in [-0.3, -0.25) is 9.78 Å². The van der Waals surface area contributed by atoms with Crippen LogP contribution in [0.5, 0.6) is 0 Å². The van der Waals surface area contributed by atoms with Crippen molar-refractivity contribution in [3.8, 4) is 0 Å². The summed E-state index contributed by atoms with van der Waals surface area (Å²) in [5, 5.41) is 2.95. The van der Waals surface area contributed by atoms with Gasteiger partial charge in [-0.05, 0) is 31.4 Å². The zero-order chi connectivity index (χ0) is 13.6. The third-order valence-electron chi connectivity index (χ3n) is 3.65. The minimum Gasteiger partial charge on any atom is -0.351 e. The summed E-state index contributed by atoms with van der Waals surface area (Å²) < 4.78 is 0. The fourth-order valence-corrected chi connectivity index (χ4v) is 1.93. The lowest BCUT2D eigenvalue weighted by atomic mass is 9.81. The van der Waals surface area contributed by atoms with Crippen LogP contribution in [0, 0.1) is 12.3 Å². The van der Waals surface area contributed by atoms with Gasteiger partial charge < -0.3 is 11.1 Å². The number of halogens is 2. The van der Waals surface area contributed by atoms with Crippen LogP contribution in [0.25, 0.3) is 0 Å². The van der Waals surface area contributed by atoms with E-state index in [9.17, 15) is 4.79 Å². The monoisotopic (exact) mass is 321 g/mol. The maximum atomic E-state index is 12.2. The molecule has 3 N–H and O–H groups in total. The van der Waals surface area contributed by atoms with Crippen LogP contribution in [0.1, 0.15) is 37.9 Å². The molecule has 4 nitrogen and oxygen atoms in total. The number of nitrogens with two attached hydrogens (primary N) is 1. The predicted molar refractivity (Wildman–Crippen MR) is 87.4 cm³/mol. The van der Waals surface area contributed by atoms with Crippen LogP contribution in [0.4, 0.5) is 0 Å². The summed E-state index contributed by atoms with van der Waals surface area (Å²) in [5.41, 5.74) is 7.29. The van der Waals surface area contributed by atoms with Crippen molar-refractivity contribution < 1.29 is 4.79 Å². The predicted octanol–water partition coefficient (Wildman–Crippen LogP) is 2.61. The minimum atomic E-state index is -0.432. The molecule has 0 aromatic carbocycles. The maximum Gasteiger partial charge on any atom is 0.227 e. The van der Waals surface area contributed by atoms with Gasteiger partial charge in [0.2, 0.25) is 5.91 Å². The molecule has 0 aliphatic heterocycles. The lowest BCUT2D eigenvalue weighted by Gasteiger charge is -2.28. The molecule has 0 radical (unpaired) electrons. The minimum absolute atomic E-state index is 0. The van der Waals surface area contributed by atoms with E-state index in [1.54, 1.807) is 6.20 Å². The van der Waals surface area contributed by atoms with Crippen LogP contribution in [-0.2, 0) is 11.3 Å². The average Bonchev–Trinajstić information content (AvgIpc) is 2.41. The lowest BCUT2D eigenvalue weighted by Crippen LogP contribution is -2.45. The molecule has 0 unspecified atom stereocenters. The van der Waals surface area contributed by atoms with Gasteiger partial charge in [-0.15, -0.1) is 24.8 Å². The Bertz CT molecular complexity index is 384. The number of aryl methyl sites for hydroxylation is 1. The molecule has 1 amide bonds. The Balaban J connectivity index is 0. The fraction of sp³-hybridized carbons (Fsp3) is 0.571. The summed E-state index contributed by atoms with van der Waals surface area (Å²) >= 11 is 0. The van der Waals surface area contributed by atoms with Crippen molar-refractivity contribution in [2.24, 2.45) is 11.1 Å². The van der Waals surface area contributed by atoms with Crippen molar-refractivity contribution in [1.29, 1.82) is 0 Å². The van der Waals surface area contributed by atoms with E-state index in [0.717, 1.165) is 24.1 Å². The van der Waals surface area contributed by atoms with E-state index < -0.39 is 5.41 Å². The third kappa shape index (κ3) is 5.27. The Kier molecular flexibility index (Phi) is 10.7. The second kappa shape index (κ2) is 9.97. The molecule has 0 fully saturated rings. The lowest BCUT2D eigenvalue weighted by molar-refractivity contribution is -0.131. The van der Waals surface area contributed by atoms with E-state index >= 15 is 0 Å². The van der Waals surface area contributed by atoms with Gasteiger partial charge in [0.1, 0.15) is 0 Å². The molecule has 1 heterocycles. The van der Waals surface area contributed by atoms with E-state index in [1.165, 1.54) is 0 Å². The summed E-state index contributed by atoms with van der Waals surface area (Å²) in [5.74, 6) is 0.0376. The van der Waals surface area contributed by atoms with Crippen LogP contribution in [0.15, 0.2) is 18.3 Å². The first-order chi connectivity index (χ1) is 8.57.